The van der Waals surface area contributed by atoms with E-state index in [0.717, 1.165) is 32.4 Å². The van der Waals surface area contributed by atoms with Crippen molar-refractivity contribution in [3.05, 3.63) is 0 Å². The van der Waals surface area contributed by atoms with Crippen molar-refractivity contribution in [1.29, 1.82) is 0 Å². The van der Waals surface area contributed by atoms with Gasteiger partial charge in [-0.05, 0) is 19.4 Å². The molecule has 0 saturated heterocycles. The summed E-state index contributed by atoms with van der Waals surface area (Å²) in [5, 5.41) is 15.4. The van der Waals surface area contributed by atoms with E-state index >= 15 is 0 Å². The molecule has 1 rings (SSSR count). The van der Waals surface area contributed by atoms with E-state index in [1.807, 2.05) is 13.8 Å². The minimum absolute atomic E-state index is 0.0000992. The van der Waals surface area contributed by atoms with Gasteiger partial charge in [0.25, 0.3) is 0 Å². The molecule has 0 aromatic carbocycles. The summed E-state index contributed by atoms with van der Waals surface area (Å²) >= 11 is 0. The quantitative estimate of drug-likeness (QED) is 0.621. The Morgan fingerprint density at radius 2 is 2.25 bits per heavy atom. The highest BCUT2D eigenvalue weighted by atomic mass is 16.3. The van der Waals surface area contributed by atoms with E-state index in [1.165, 1.54) is 0 Å². The van der Waals surface area contributed by atoms with Crippen molar-refractivity contribution < 1.29 is 9.90 Å². The Hall–Kier alpha value is -0.610. The van der Waals surface area contributed by atoms with Gasteiger partial charge in [-0.25, -0.2) is 0 Å². The molecule has 3 unspecified atom stereocenters. The maximum atomic E-state index is 11.8. The zero-order chi connectivity index (χ0) is 12.0. The molecule has 3 N–H and O–H groups in total. The molecule has 4 nitrogen and oxygen atoms in total. The van der Waals surface area contributed by atoms with Gasteiger partial charge in [0.1, 0.15) is 0 Å². The molecule has 1 aliphatic carbocycles. The molecule has 0 spiro atoms. The van der Waals surface area contributed by atoms with Gasteiger partial charge >= 0.3 is 0 Å². The van der Waals surface area contributed by atoms with Gasteiger partial charge in [-0.1, -0.05) is 20.3 Å². The molecule has 0 bridgehead atoms. The van der Waals surface area contributed by atoms with Crippen LogP contribution in [0.5, 0.6) is 0 Å². The van der Waals surface area contributed by atoms with Crippen LogP contribution in [0.4, 0.5) is 0 Å². The third-order valence-corrected chi connectivity index (χ3v) is 3.37. The van der Waals surface area contributed by atoms with Gasteiger partial charge in [0.15, 0.2) is 0 Å². The number of hydrogen-bond acceptors (Lipinski definition) is 3. The van der Waals surface area contributed by atoms with Gasteiger partial charge in [-0.2, -0.15) is 0 Å². The Balaban J connectivity index is 2.32. The largest absolute Gasteiger partial charge is 0.396 e. The van der Waals surface area contributed by atoms with Crippen molar-refractivity contribution in [2.24, 2.45) is 11.8 Å². The predicted molar refractivity (Wildman–Crippen MR) is 64.1 cm³/mol. The first-order valence-corrected chi connectivity index (χ1v) is 6.31. The summed E-state index contributed by atoms with van der Waals surface area (Å²) in [5.74, 6) is 0.362. The zero-order valence-corrected chi connectivity index (χ0v) is 10.3. The standard InChI is InChI=1S/C12H24N2O2/c1-3-13-7-9(2)12(16)14-11-6-4-5-10(11)8-15/h9-11,13,15H,3-8H2,1-2H3,(H,14,16). The average molecular weight is 228 g/mol. The fraction of sp³-hybridized carbons (Fsp3) is 0.917. The van der Waals surface area contributed by atoms with Crippen LogP contribution in [0.15, 0.2) is 0 Å². The molecule has 16 heavy (non-hydrogen) atoms. The molecule has 1 aliphatic rings. The summed E-state index contributed by atoms with van der Waals surface area (Å²) in [5.41, 5.74) is 0. The summed E-state index contributed by atoms with van der Waals surface area (Å²) < 4.78 is 0. The summed E-state index contributed by atoms with van der Waals surface area (Å²) in [6.07, 6.45) is 3.14. The molecule has 94 valence electrons. The summed E-state index contributed by atoms with van der Waals surface area (Å²) in [4.78, 5) is 11.8. The van der Waals surface area contributed by atoms with E-state index in [2.05, 4.69) is 10.6 Å². The highest BCUT2D eigenvalue weighted by Crippen LogP contribution is 2.25. The lowest BCUT2D eigenvalue weighted by Gasteiger charge is -2.21. The Morgan fingerprint density at radius 3 is 2.88 bits per heavy atom. The molecule has 3 atom stereocenters. The molecule has 0 aliphatic heterocycles. The van der Waals surface area contributed by atoms with Crippen molar-refractivity contribution in [3.8, 4) is 0 Å². The van der Waals surface area contributed by atoms with Gasteiger partial charge in [-0.15, -0.1) is 0 Å². The van der Waals surface area contributed by atoms with Crippen molar-refractivity contribution in [3.63, 3.8) is 0 Å². The van der Waals surface area contributed by atoms with Crippen molar-refractivity contribution in [2.45, 2.75) is 39.2 Å². The summed E-state index contributed by atoms with van der Waals surface area (Å²) in [7, 11) is 0. The fourth-order valence-electron chi connectivity index (χ4n) is 2.22. The molecular weight excluding hydrogens is 204 g/mol. The number of amides is 1. The van der Waals surface area contributed by atoms with Crippen LogP contribution in [-0.4, -0.2) is 36.8 Å². The molecule has 0 heterocycles. The van der Waals surface area contributed by atoms with E-state index in [0.29, 0.717) is 0 Å². The highest BCUT2D eigenvalue weighted by molar-refractivity contribution is 5.78. The minimum Gasteiger partial charge on any atom is -0.396 e. The topological polar surface area (TPSA) is 61.4 Å². The maximum absolute atomic E-state index is 11.8. The number of nitrogens with one attached hydrogen (secondary N) is 2. The smallest absolute Gasteiger partial charge is 0.224 e. The monoisotopic (exact) mass is 228 g/mol. The molecule has 0 aromatic heterocycles. The lowest BCUT2D eigenvalue weighted by atomic mass is 10.0. The van der Waals surface area contributed by atoms with E-state index in [4.69, 9.17) is 5.11 Å². The molecular formula is C12H24N2O2. The van der Waals surface area contributed by atoms with E-state index in [9.17, 15) is 4.79 Å². The normalized spacial score (nSPS) is 26.7. The van der Waals surface area contributed by atoms with Gasteiger partial charge in [0.2, 0.25) is 5.91 Å². The minimum atomic E-state index is -0.0000992. The van der Waals surface area contributed by atoms with Crippen molar-refractivity contribution in [2.75, 3.05) is 19.7 Å². The molecule has 1 amide bonds. The Labute approximate surface area is 97.8 Å². The van der Waals surface area contributed by atoms with Crippen LogP contribution >= 0.6 is 0 Å². The fourth-order valence-corrected chi connectivity index (χ4v) is 2.22. The highest BCUT2D eigenvalue weighted by Gasteiger charge is 2.28. The Morgan fingerprint density at radius 1 is 1.50 bits per heavy atom. The van der Waals surface area contributed by atoms with Gasteiger partial charge in [0, 0.05) is 31.0 Å². The van der Waals surface area contributed by atoms with Crippen LogP contribution in [-0.2, 0) is 4.79 Å². The first-order chi connectivity index (χ1) is 7.69. The lowest BCUT2D eigenvalue weighted by molar-refractivity contribution is -0.125. The number of aliphatic hydroxyl groups excluding tert-OH is 1. The summed E-state index contributed by atoms with van der Waals surface area (Å²) in [6.45, 7) is 5.76. The first-order valence-electron chi connectivity index (χ1n) is 6.31. The van der Waals surface area contributed by atoms with E-state index < -0.39 is 0 Å². The second-order valence-corrected chi connectivity index (χ2v) is 4.70. The second-order valence-electron chi connectivity index (χ2n) is 4.70. The van der Waals surface area contributed by atoms with Crippen LogP contribution in [0.25, 0.3) is 0 Å². The second kappa shape index (κ2) is 6.86. The summed E-state index contributed by atoms with van der Waals surface area (Å²) in [6, 6.07) is 0.182. The number of carbonyl (C=O) groups is 1. The van der Waals surface area contributed by atoms with E-state index in [1.54, 1.807) is 0 Å². The van der Waals surface area contributed by atoms with Crippen molar-refractivity contribution in [1.82, 2.24) is 10.6 Å². The molecule has 4 heteroatoms. The molecule has 0 aromatic rings. The first kappa shape index (κ1) is 13.5. The predicted octanol–water partition coefficient (Wildman–Crippen LogP) is 0.509. The van der Waals surface area contributed by atoms with Crippen LogP contribution in [0.3, 0.4) is 0 Å². The molecule has 1 fully saturated rings. The van der Waals surface area contributed by atoms with Crippen molar-refractivity contribution >= 4 is 5.91 Å². The third-order valence-electron chi connectivity index (χ3n) is 3.37. The van der Waals surface area contributed by atoms with Gasteiger partial charge in [0.05, 0.1) is 0 Å². The van der Waals surface area contributed by atoms with Crippen LogP contribution in [0, 0.1) is 11.8 Å². The van der Waals surface area contributed by atoms with Crippen LogP contribution in [0.1, 0.15) is 33.1 Å². The number of rotatable bonds is 6. The lowest BCUT2D eigenvalue weighted by Crippen LogP contribution is -2.43. The van der Waals surface area contributed by atoms with Crippen LogP contribution < -0.4 is 10.6 Å². The number of carbonyl (C=O) groups excluding carboxylic acids is 1. The number of aliphatic hydroxyl groups is 1. The van der Waals surface area contributed by atoms with Gasteiger partial charge in [-0.3, -0.25) is 4.79 Å². The molecule has 1 saturated carbocycles. The van der Waals surface area contributed by atoms with E-state index in [-0.39, 0.29) is 30.4 Å². The van der Waals surface area contributed by atoms with Crippen LogP contribution in [0.2, 0.25) is 0 Å². The zero-order valence-electron chi connectivity index (χ0n) is 10.3. The maximum Gasteiger partial charge on any atom is 0.224 e. The van der Waals surface area contributed by atoms with Gasteiger partial charge < -0.3 is 15.7 Å². The Kier molecular flexibility index (Phi) is 5.77. The molecule has 0 radical (unpaired) electrons. The average Bonchev–Trinajstić information content (AvgIpc) is 2.72. The Bertz CT molecular complexity index is 221. The third kappa shape index (κ3) is 3.76. The number of hydrogen-bond donors (Lipinski definition) is 3. The SMILES string of the molecule is CCNCC(C)C(=O)NC1CCCC1CO.